The largest absolute Gasteiger partial charge is 0.343 e. The zero-order valence-electron chi connectivity index (χ0n) is 14.4. The third-order valence-corrected chi connectivity index (χ3v) is 4.89. The molecule has 142 valence electrons. The second kappa shape index (κ2) is 9.16. The van der Waals surface area contributed by atoms with Crippen molar-refractivity contribution in [3.8, 4) is 0 Å². The first-order valence-corrected chi connectivity index (χ1v) is 10.4. The van der Waals surface area contributed by atoms with E-state index < -0.39 is 10.0 Å². The maximum Gasteiger partial charge on any atom is 0.244 e. The fourth-order valence-corrected chi connectivity index (χ4v) is 3.35. The van der Waals surface area contributed by atoms with E-state index in [-0.39, 0.29) is 24.3 Å². The summed E-state index contributed by atoms with van der Waals surface area (Å²) in [6.45, 7) is 1.26. The molecule has 1 unspecified atom stereocenters. The van der Waals surface area contributed by atoms with Crippen LogP contribution in [0.1, 0.15) is 12.0 Å². The van der Waals surface area contributed by atoms with E-state index in [1.165, 1.54) is 6.08 Å². The van der Waals surface area contributed by atoms with E-state index in [0.29, 0.717) is 24.7 Å². The number of nitrogens with zero attached hydrogens (tertiary/aromatic N) is 1. The van der Waals surface area contributed by atoms with Crippen LogP contribution in [0.15, 0.2) is 30.3 Å². The number of carbonyl (C=O) groups is 2. The number of rotatable bonds is 7. The molecule has 0 saturated carbocycles. The van der Waals surface area contributed by atoms with Gasteiger partial charge in [0.25, 0.3) is 0 Å². The molecule has 1 heterocycles. The van der Waals surface area contributed by atoms with Crippen LogP contribution in [0.4, 0.5) is 0 Å². The maximum atomic E-state index is 12.1. The zero-order chi connectivity index (χ0) is 19.2. The maximum absolute atomic E-state index is 12.1. The summed E-state index contributed by atoms with van der Waals surface area (Å²) in [5.41, 5.74) is 0.791. The van der Waals surface area contributed by atoms with Crippen molar-refractivity contribution in [1.29, 1.82) is 0 Å². The highest BCUT2D eigenvalue weighted by atomic mass is 35.5. The van der Waals surface area contributed by atoms with E-state index in [1.807, 2.05) is 6.07 Å². The molecule has 9 heteroatoms. The van der Waals surface area contributed by atoms with Gasteiger partial charge in [-0.1, -0.05) is 23.7 Å². The molecule has 0 bridgehead atoms. The van der Waals surface area contributed by atoms with E-state index in [1.54, 1.807) is 29.2 Å². The lowest BCUT2D eigenvalue weighted by molar-refractivity contribution is -0.131. The van der Waals surface area contributed by atoms with Crippen molar-refractivity contribution in [2.75, 3.05) is 32.4 Å². The fourth-order valence-electron chi connectivity index (χ4n) is 2.61. The van der Waals surface area contributed by atoms with Crippen molar-refractivity contribution >= 4 is 39.5 Å². The molecule has 0 aromatic heterocycles. The first-order chi connectivity index (χ1) is 12.2. The Hall–Kier alpha value is -1.90. The summed E-state index contributed by atoms with van der Waals surface area (Å²) in [5, 5.41) is 3.13. The Balaban J connectivity index is 1.74. The molecule has 26 heavy (non-hydrogen) atoms. The molecule has 1 aromatic carbocycles. The van der Waals surface area contributed by atoms with Gasteiger partial charge < -0.3 is 10.2 Å². The summed E-state index contributed by atoms with van der Waals surface area (Å²) in [4.78, 5) is 25.6. The van der Waals surface area contributed by atoms with Crippen molar-refractivity contribution in [1.82, 2.24) is 14.9 Å². The number of hydrogen-bond acceptors (Lipinski definition) is 4. The van der Waals surface area contributed by atoms with Crippen LogP contribution >= 0.6 is 11.6 Å². The minimum atomic E-state index is -3.23. The SMILES string of the molecule is CS(=O)(=O)NCC1CCN(C(=O)CNC(=O)/C=C/c2cccc(Cl)c2)C1. The molecule has 1 aliphatic rings. The summed E-state index contributed by atoms with van der Waals surface area (Å²) in [5.74, 6) is -0.462. The van der Waals surface area contributed by atoms with Gasteiger partial charge in [0.05, 0.1) is 12.8 Å². The minimum Gasteiger partial charge on any atom is -0.343 e. The van der Waals surface area contributed by atoms with Crippen LogP contribution in [0.2, 0.25) is 5.02 Å². The molecule has 1 atom stereocenters. The van der Waals surface area contributed by atoms with Gasteiger partial charge in [-0.25, -0.2) is 13.1 Å². The molecular weight excluding hydrogens is 378 g/mol. The first-order valence-electron chi connectivity index (χ1n) is 8.17. The number of hydrogen-bond donors (Lipinski definition) is 2. The van der Waals surface area contributed by atoms with E-state index in [0.717, 1.165) is 18.2 Å². The Bertz CT molecular complexity index is 795. The Morgan fingerprint density at radius 1 is 1.38 bits per heavy atom. The molecule has 1 aromatic rings. The number of benzene rings is 1. The number of carbonyl (C=O) groups excluding carboxylic acids is 2. The van der Waals surface area contributed by atoms with Crippen LogP contribution < -0.4 is 10.0 Å². The van der Waals surface area contributed by atoms with Gasteiger partial charge >= 0.3 is 0 Å². The van der Waals surface area contributed by atoms with Crippen molar-refractivity contribution in [2.24, 2.45) is 5.92 Å². The van der Waals surface area contributed by atoms with Gasteiger partial charge in [-0.05, 0) is 36.1 Å². The van der Waals surface area contributed by atoms with Crippen molar-refractivity contribution in [2.45, 2.75) is 6.42 Å². The molecule has 2 amide bonds. The summed E-state index contributed by atoms with van der Waals surface area (Å²) in [6, 6.07) is 7.07. The molecule has 1 saturated heterocycles. The molecule has 1 fully saturated rings. The highest BCUT2D eigenvalue weighted by Crippen LogP contribution is 2.15. The highest BCUT2D eigenvalue weighted by molar-refractivity contribution is 7.88. The second-order valence-electron chi connectivity index (χ2n) is 6.22. The van der Waals surface area contributed by atoms with Crippen LogP contribution in [-0.4, -0.2) is 57.6 Å². The van der Waals surface area contributed by atoms with Crippen molar-refractivity contribution in [3.05, 3.63) is 40.9 Å². The third kappa shape index (κ3) is 7.15. The van der Waals surface area contributed by atoms with Crippen molar-refractivity contribution in [3.63, 3.8) is 0 Å². The van der Waals surface area contributed by atoms with E-state index in [9.17, 15) is 18.0 Å². The number of halogens is 1. The predicted molar refractivity (Wildman–Crippen MR) is 101 cm³/mol. The number of sulfonamides is 1. The van der Waals surface area contributed by atoms with Crippen LogP contribution in [0, 0.1) is 5.92 Å². The van der Waals surface area contributed by atoms with Gasteiger partial charge in [-0.3, -0.25) is 9.59 Å². The molecule has 0 radical (unpaired) electrons. The van der Waals surface area contributed by atoms with Gasteiger partial charge in [-0.15, -0.1) is 0 Å². The van der Waals surface area contributed by atoms with Gasteiger partial charge in [0.15, 0.2) is 0 Å². The minimum absolute atomic E-state index is 0.0899. The van der Waals surface area contributed by atoms with E-state index >= 15 is 0 Å². The zero-order valence-corrected chi connectivity index (χ0v) is 16.0. The van der Waals surface area contributed by atoms with Crippen LogP contribution in [0.25, 0.3) is 6.08 Å². The standard InChI is InChI=1S/C17H22ClN3O4S/c1-26(24,25)20-10-14-7-8-21(12-14)17(23)11-19-16(22)6-5-13-3-2-4-15(18)9-13/h2-6,9,14,20H,7-8,10-12H2,1H3,(H,19,22)/b6-5+. The molecule has 7 nitrogen and oxygen atoms in total. The predicted octanol–water partition coefficient (Wildman–Crippen LogP) is 0.867. The Morgan fingerprint density at radius 3 is 2.85 bits per heavy atom. The lowest BCUT2D eigenvalue weighted by Gasteiger charge is -2.16. The number of nitrogens with one attached hydrogen (secondary N) is 2. The van der Waals surface area contributed by atoms with Crippen LogP contribution in [0.5, 0.6) is 0 Å². The Morgan fingerprint density at radius 2 is 2.15 bits per heavy atom. The first kappa shape index (κ1) is 20.4. The average Bonchev–Trinajstić information content (AvgIpc) is 3.04. The monoisotopic (exact) mass is 399 g/mol. The molecule has 1 aliphatic heterocycles. The summed E-state index contributed by atoms with van der Waals surface area (Å²) in [7, 11) is -3.23. The molecule has 0 spiro atoms. The molecular formula is C17H22ClN3O4S. The molecule has 2 rings (SSSR count). The lowest BCUT2D eigenvalue weighted by Crippen LogP contribution is -2.39. The van der Waals surface area contributed by atoms with Gasteiger partial charge in [0.2, 0.25) is 21.8 Å². The number of amides is 2. The van der Waals surface area contributed by atoms with Crippen molar-refractivity contribution < 1.29 is 18.0 Å². The summed E-state index contributed by atoms with van der Waals surface area (Å²) in [6.07, 6.45) is 4.81. The highest BCUT2D eigenvalue weighted by Gasteiger charge is 2.26. The smallest absolute Gasteiger partial charge is 0.244 e. The normalized spacial score (nSPS) is 17.6. The lowest BCUT2D eigenvalue weighted by atomic mass is 10.1. The molecule has 2 N–H and O–H groups in total. The van der Waals surface area contributed by atoms with Gasteiger partial charge in [0, 0.05) is 30.7 Å². The van der Waals surface area contributed by atoms with E-state index in [4.69, 9.17) is 11.6 Å². The Kier molecular flexibility index (Phi) is 7.19. The third-order valence-electron chi connectivity index (χ3n) is 3.96. The van der Waals surface area contributed by atoms with Gasteiger partial charge in [-0.2, -0.15) is 0 Å². The van der Waals surface area contributed by atoms with Gasteiger partial charge in [0.1, 0.15) is 0 Å². The molecule has 0 aliphatic carbocycles. The Labute approximate surface area is 158 Å². The van der Waals surface area contributed by atoms with Crippen LogP contribution in [-0.2, 0) is 19.6 Å². The topological polar surface area (TPSA) is 95.6 Å². The average molecular weight is 400 g/mol. The fraction of sp³-hybridized carbons (Fsp3) is 0.412. The second-order valence-corrected chi connectivity index (χ2v) is 8.49. The summed E-state index contributed by atoms with van der Waals surface area (Å²) < 4.78 is 24.7. The quantitative estimate of drug-likeness (QED) is 0.665. The van der Waals surface area contributed by atoms with Crippen LogP contribution in [0.3, 0.4) is 0 Å². The number of likely N-dealkylation sites (tertiary alicyclic amines) is 1. The summed E-state index contributed by atoms with van der Waals surface area (Å²) >= 11 is 5.87. The van der Waals surface area contributed by atoms with E-state index in [2.05, 4.69) is 10.0 Å².